The van der Waals surface area contributed by atoms with E-state index in [0.717, 1.165) is 19.3 Å². The Morgan fingerprint density at radius 2 is 2.05 bits per heavy atom. The molecule has 0 aromatic heterocycles. The zero-order valence-corrected chi connectivity index (χ0v) is 14.1. The van der Waals surface area contributed by atoms with Crippen LogP contribution in [0.2, 0.25) is 0 Å². The largest absolute Gasteiger partial charge is 0.383 e. The monoisotopic (exact) mass is 298 g/mol. The molecule has 5 heteroatoms. The summed E-state index contributed by atoms with van der Waals surface area (Å²) in [6, 6.07) is -0.352. The van der Waals surface area contributed by atoms with Gasteiger partial charge in [0, 0.05) is 19.2 Å². The van der Waals surface area contributed by atoms with Crippen LogP contribution in [0.4, 0.5) is 0 Å². The van der Waals surface area contributed by atoms with Crippen molar-refractivity contribution in [3.63, 3.8) is 0 Å². The van der Waals surface area contributed by atoms with Gasteiger partial charge in [0.15, 0.2) is 0 Å². The van der Waals surface area contributed by atoms with Gasteiger partial charge in [0.05, 0.1) is 18.7 Å². The number of ketones is 1. The Morgan fingerprint density at radius 3 is 2.57 bits per heavy atom. The second-order valence-electron chi connectivity index (χ2n) is 6.85. The normalized spacial score (nSPS) is 20.6. The highest BCUT2D eigenvalue weighted by Crippen LogP contribution is 2.19. The first-order chi connectivity index (χ1) is 9.80. The van der Waals surface area contributed by atoms with Crippen LogP contribution >= 0.6 is 0 Å². The number of nitrogens with zero attached hydrogens (tertiary/aromatic N) is 1. The fourth-order valence-electron chi connectivity index (χ4n) is 2.84. The average molecular weight is 298 g/mol. The molecule has 1 aliphatic heterocycles. The molecule has 1 aliphatic rings. The van der Waals surface area contributed by atoms with Crippen LogP contribution in [0.15, 0.2) is 0 Å². The minimum absolute atomic E-state index is 0.0448. The molecule has 1 saturated heterocycles. The van der Waals surface area contributed by atoms with E-state index in [1.807, 2.05) is 27.7 Å². The van der Waals surface area contributed by atoms with E-state index in [9.17, 15) is 9.59 Å². The van der Waals surface area contributed by atoms with E-state index in [4.69, 9.17) is 4.74 Å². The van der Waals surface area contributed by atoms with Crippen molar-refractivity contribution in [3.8, 4) is 0 Å². The number of methoxy groups -OCH3 is 1. The van der Waals surface area contributed by atoms with Crippen molar-refractivity contribution in [2.75, 3.05) is 20.3 Å². The van der Waals surface area contributed by atoms with Gasteiger partial charge in [-0.1, -0.05) is 13.3 Å². The molecule has 2 atom stereocenters. The number of amides is 1. The second kappa shape index (κ2) is 7.90. The number of carbonyl (C=O) groups is 2. The van der Waals surface area contributed by atoms with Gasteiger partial charge in [-0.05, 0) is 40.0 Å². The molecule has 1 N–H and O–H groups in total. The van der Waals surface area contributed by atoms with Gasteiger partial charge in [-0.15, -0.1) is 0 Å². The summed E-state index contributed by atoms with van der Waals surface area (Å²) in [5.41, 5.74) is -0.188. The Kier molecular flexibility index (Phi) is 6.81. The molecule has 0 radical (unpaired) electrons. The molecule has 1 heterocycles. The van der Waals surface area contributed by atoms with Gasteiger partial charge in [-0.25, -0.2) is 0 Å². The van der Waals surface area contributed by atoms with Crippen LogP contribution in [0.1, 0.15) is 53.4 Å². The molecule has 0 aromatic rings. The van der Waals surface area contributed by atoms with E-state index in [-0.39, 0.29) is 23.3 Å². The molecular formula is C16H30N2O3. The summed E-state index contributed by atoms with van der Waals surface area (Å²) in [5, 5.41) is 3.28. The third kappa shape index (κ3) is 5.40. The Labute approximate surface area is 128 Å². The van der Waals surface area contributed by atoms with Crippen molar-refractivity contribution in [1.29, 1.82) is 0 Å². The summed E-state index contributed by atoms with van der Waals surface area (Å²) in [6.07, 6.45) is 3.41. The van der Waals surface area contributed by atoms with Gasteiger partial charge in [-0.3, -0.25) is 9.59 Å². The molecule has 1 fully saturated rings. The third-order valence-corrected chi connectivity index (χ3v) is 3.71. The van der Waals surface area contributed by atoms with E-state index < -0.39 is 6.04 Å². The SMILES string of the molecule is CCCC(NC(C)(C)C)C(=O)C(=O)N1CCC[C@@H]1COC. The molecule has 0 bridgehead atoms. The summed E-state index contributed by atoms with van der Waals surface area (Å²) in [5.74, 6) is -0.667. The molecule has 0 spiro atoms. The summed E-state index contributed by atoms with van der Waals surface area (Å²) in [4.78, 5) is 26.8. The smallest absolute Gasteiger partial charge is 0.291 e. The van der Waals surface area contributed by atoms with Crippen molar-refractivity contribution >= 4 is 11.7 Å². The predicted molar refractivity (Wildman–Crippen MR) is 83.2 cm³/mol. The van der Waals surface area contributed by atoms with Gasteiger partial charge in [0.25, 0.3) is 5.91 Å². The molecule has 1 amide bonds. The minimum atomic E-state index is -0.397. The molecule has 5 nitrogen and oxygen atoms in total. The van der Waals surface area contributed by atoms with Crippen molar-refractivity contribution in [3.05, 3.63) is 0 Å². The Hall–Kier alpha value is -0.940. The summed E-state index contributed by atoms with van der Waals surface area (Å²) >= 11 is 0. The van der Waals surface area contributed by atoms with Crippen LogP contribution in [-0.4, -0.2) is 54.5 Å². The fraction of sp³-hybridized carbons (Fsp3) is 0.875. The van der Waals surface area contributed by atoms with Gasteiger partial charge in [0.1, 0.15) is 0 Å². The van der Waals surface area contributed by atoms with E-state index in [1.165, 1.54) is 0 Å². The Morgan fingerprint density at radius 1 is 1.38 bits per heavy atom. The van der Waals surface area contributed by atoms with E-state index >= 15 is 0 Å². The number of Topliss-reactive ketones (excluding diaryl/α,β-unsaturated/α-hetero) is 1. The number of rotatable bonds is 7. The molecule has 0 aliphatic carbocycles. The third-order valence-electron chi connectivity index (χ3n) is 3.71. The summed E-state index contributed by atoms with van der Waals surface area (Å²) < 4.78 is 5.15. The van der Waals surface area contributed by atoms with Crippen LogP contribution in [0.5, 0.6) is 0 Å². The number of likely N-dealkylation sites (tertiary alicyclic amines) is 1. The molecule has 1 rings (SSSR count). The molecule has 21 heavy (non-hydrogen) atoms. The average Bonchev–Trinajstić information content (AvgIpc) is 2.83. The molecule has 1 unspecified atom stereocenters. The molecule has 122 valence electrons. The standard InChI is InChI=1S/C16H30N2O3/c1-6-8-13(17-16(2,3)4)14(19)15(20)18-10-7-9-12(18)11-21-5/h12-13,17H,6-11H2,1-5H3/t12-,13?/m1/s1. The Bertz CT molecular complexity index is 363. The van der Waals surface area contributed by atoms with E-state index in [2.05, 4.69) is 5.32 Å². The first-order valence-corrected chi connectivity index (χ1v) is 7.91. The zero-order valence-electron chi connectivity index (χ0n) is 14.1. The molecule has 0 saturated carbocycles. The second-order valence-corrected chi connectivity index (χ2v) is 6.85. The van der Waals surface area contributed by atoms with Crippen molar-refractivity contribution in [2.45, 2.75) is 71.0 Å². The van der Waals surface area contributed by atoms with E-state index in [0.29, 0.717) is 19.6 Å². The maximum absolute atomic E-state index is 12.6. The Balaban J connectivity index is 2.75. The highest BCUT2D eigenvalue weighted by molar-refractivity contribution is 6.38. The van der Waals surface area contributed by atoms with Crippen LogP contribution < -0.4 is 5.32 Å². The van der Waals surface area contributed by atoms with Crippen molar-refractivity contribution in [1.82, 2.24) is 10.2 Å². The highest BCUT2D eigenvalue weighted by atomic mass is 16.5. The van der Waals surface area contributed by atoms with Gasteiger partial charge in [0.2, 0.25) is 5.78 Å². The molecule has 0 aromatic carbocycles. The number of carbonyl (C=O) groups excluding carboxylic acids is 2. The number of nitrogens with one attached hydrogen (secondary N) is 1. The van der Waals surface area contributed by atoms with Crippen molar-refractivity contribution in [2.24, 2.45) is 0 Å². The number of ether oxygens (including phenoxy) is 1. The van der Waals surface area contributed by atoms with Gasteiger partial charge >= 0.3 is 0 Å². The predicted octanol–water partition coefficient (Wildman–Crippen LogP) is 1.75. The topological polar surface area (TPSA) is 58.6 Å². The lowest BCUT2D eigenvalue weighted by Gasteiger charge is -2.30. The number of hydrogen-bond donors (Lipinski definition) is 1. The van der Waals surface area contributed by atoms with Gasteiger partial charge < -0.3 is 15.0 Å². The summed E-state index contributed by atoms with van der Waals surface area (Å²) in [6.45, 7) is 9.22. The van der Waals surface area contributed by atoms with E-state index in [1.54, 1.807) is 12.0 Å². The maximum atomic E-state index is 12.6. The lowest BCUT2D eigenvalue weighted by Crippen LogP contribution is -2.53. The lowest BCUT2D eigenvalue weighted by molar-refractivity contribution is -0.147. The van der Waals surface area contributed by atoms with Crippen LogP contribution in [0.25, 0.3) is 0 Å². The lowest BCUT2D eigenvalue weighted by atomic mass is 10.0. The van der Waals surface area contributed by atoms with Crippen molar-refractivity contribution < 1.29 is 14.3 Å². The zero-order chi connectivity index (χ0) is 16.0. The first-order valence-electron chi connectivity index (χ1n) is 7.91. The van der Waals surface area contributed by atoms with Gasteiger partial charge in [-0.2, -0.15) is 0 Å². The van der Waals surface area contributed by atoms with Crippen LogP contribution in [0.3, 0.4) is 0 Å². The summed E-state index contributed by atoms with van der Waals surface area (Å²) in [7, 11) is 1.63. The fourth-order valence-corrected chi connectivity index (χ4v) is 2.84. The first kappa shape index (κ1) is 18.1. The highest BCUT2D eigenvalue weighted by Gasteiger charge is 2.36. The minimum Gasteiger partial charge on any atom is -0.383 e. The quantitative estimate of drug-likeness (QED) is 0.728. The molecular weight excluding hydrogens is 268 g/mol. The number of hydrogen-bond acceptors (Lipinski definition) is 4. The maximum Gasteiger partial charge on any atom is 0.291 e. The van der Waals surface area contributed by atoms with Crippen LogP contribution in [-0.2, 0) is 14.3 Å². The van der Waals surface area contributed by atoms with Crippen LogP contribution in [0, 0.1) is 0 Å².